The second kappa shape index (κ2) is 19.4. The number of hydrogen-bond donors (Lipinski definition) is 1. The van der Waals surface area contributed by atoms with Crippen molar-refractivity contribution in [3.05, 3.63) is 12.2 Å². The van der Waals surface area contributed by atoms with Gasteiger partial charge in [0.25, 0.3) is 0 Å². The van der Waals surface area contributed by atoms with E-state index in [2.05, 4.69) is 19.1 Å². The molecule has 0 spiro atoms. The summed E-state index contributed by atoms with van der Waals surface area (Å²) >= 11 is 0. The Morgan fingerprint density at radius 3 is 1.85 bits per heavy atom. The highest BCUT2D eigenvalue weighted by Gasteiger charge is 2.16. The number of unbranched alkanes of at least 4 members (excludes halogenated alkanes) is 12. The van der Waals surface area contributed by atoms with E-state index in [1.165, 1.54) is 64.2 Å². The number of carbonyl (C=O) groups is 2. The molecule has 0 amide bonds. The van der Waals surface area contributed by atoms with E-state index in [1.807, 2.05) is 0 Å². The second-order valence-electron chi connectivity index (χ2n) is 7.20. The van der Waals surface area contributed by atoms with Gasteiger partial charge in [-0.15, -0.1) is 0 Å². The first kappa shape index (κ1) is 25.6. The molecular weight excluding hydrogens is 344 g/mol. The fraction of sp³-hybridized carbons (Fsp3) is 0.818. The van der Waals surface area contributed by atoms with E-state index < -0.39 is 24.5 Å². The van der Waals surface area contributed by atoms with Crippen LogP contribution in [0.15, 0.2) is 12.2 Å². The summed E-state index contributed by atoms with van der Waals surface area (Å²) in [5, 5.41) is 19.5. The fourth-order valence-electron chi connectivity index (χ4n) is 2.86. The number of rotatable bonds is 19. The molecule has 0 aliphatic heterocycles. The van der Waals surface area contributed by atoms with Gasteiger partial charge in [0, 0.05) is 12.4 Å². The van der Waals surface area contributed by atoms with Crippen LogP contribution in [0.25, 0.3) is 0 Å². The van der Waals surface area contributed by atoms with E-state index in [0.717, 1.165) is 25.7 Å². The van der Waals surface area contributed by atoms with Crippen LogP contribution in [-0.2, 0) is 14.3 Å². The normalized spacial score (nSPS) is 12.4. The zero-order valence-electron chi connectivity index (χ0n) is 17.1. The summed E-state index contributed by atoms with van der Waals surface area (Å²) < 4.78 is 4.83. The third-order valence-corrected chi connectivity index (χ3v) is 4.53. The van der Waals surface area contributed by atoms with Crippen LogP contribution in [0.2, 0.25) is 0 Å². The zero-order valence-corrected chi connectivity index (χ0v) is 17.1. The van der Waals surface area contributed by atoms with Crippen LogP contribution < -0.4 is 5.11 Å². The number of carboxylic acids is 1. The number of esters is 1. The van der Waals surface area contributed by atoms with E-state index in [9.17, 15) is 19.8 Å². The van der Waals surface area contributed by atoms with Crippen LogP contribution in [0, 0.1) is 0 Å². The average Bonchev–Trinajstić information content (AvgIpc) is 2.63. The number of hydrogen-bond acceptors (Lipinski definition) is 5. The SMILES string of the molecule is CCCCCCCCC=CCCCCCCCCOC(=O)C(O)CC(=O)[O-]. The molecule has 1 unspecified atom stereocenters. The number of carboxylic acid groups (broad SMARTS) is 1. The Morgan fingerprint density at radius 1 is 0.852 bits per heavy atom. The molecule has 0 radical (unpaired) electrons. The molecule has 0 aliphatic carbocycles. The van der Waals surface area contributed by atoms with Gasteiger partial charge in [-0.1, -0.05) is 76.9 Å². The molecule has 27 heavy (non-hydrogen) atoms. The van der Waals surface area contributed by atoms with Crippen molar-refractivity contribution in [1.29, 1.82) is 0 Å². The summed E-state index contributed by atoms with van der Waals surface area (Å²) in [5.74, 6) is -2.34. The van der Waals surface area contributed by atoms with Crippen molar-refractivity contribution in [2.24, 2.45) is 0 Å². The van der Waals surface area contributed by atoms with Gasteiger partial charge < -0.3 is 19.7 Å². The standard InChI is InChI=1S/C22H40O5/c1-2-3-4-5-6-7-8-9-10-11-12-13-14-15-16-17-18-27-22(26)20(23)19-21(24)25/h9-10,20,23H,2-8,11-19H2,1H3,(H,24,25)/p-1. The molecule has 5 nitrogen and oxygen atoms in total. The van der Waals surface area contributed by atoms with Crippen molar-refractivity contribution in [3.8, 4) is 0 Å². The lowest BCUT2D eigenvalue weighted by atomic mass is 10.1. The number of carbonyl (C=O) groups excluding carboxylic acids is 2. The molecule has 5 heteroatoms. The first-order valence-corrected chi connectivity index (χ1v) is 10.8. The first-order chi connectivity index (χ1) is 13.1. The predicted molar refractivity (Wildman–Crippen MR) is 106 cm³/mol. The third-order valence-electron chi connectivity index (χ3n) is 4.53. The second-order valence-corrected chi connectivity index (χ2v) is 7.20. The topological polar surface area (TPSA) is 86.7 Å². The van der Waals surface area contributed by atoms with E-state index in [4.69, 9.17) is 4.74 Å². The van der Waals surface area contributed by atoms with Crippen molar-refractivity contribution in [2.75, 3.05) is 6.61 Å². The van der Waals surface area contributed by atoms with Gasteiger partial charge >= 0.3 is 5.97 Å². The number of aliphatic hydroxyl groups excluding tert-OH is 1. The number of aliphatic carboxylic acids is 1. The Labute approximate surface area is 165 Å². The number of aliphatic hydroxyl groups is 1. The molecule has 0 aliphatic rings. The lowest BCUT2D eigenvalue weighted by Crippen LogP contribution is -2.32. The molecule has 0 aromatic carbocycles. The molecule has 0 saturated carbocycles. The summed E-state index contributed by atoms with van der Waals surface area (Å²) in [6.07, 6.45) is 19.2. The lowest BCUT2D eigenvalue weighted by Gasteiger charge is -2.10. The van der Waals surface area contributed by atoms with Crippen molar-refractivity contribution in [2.45, 2.75) is 109 Å². The average molecular weight is 384 g/mol. The highest BCUT2D eigenvalue weighted by Crippen LogP contribution is 2.10. The van der Waals surface area contributed by atoms with E-state index >= 15 is 0 Å². The van der Waals surface area contributed by atoms with Gasteiger partial charge in [-0.2, -0.15) is 0 Å². The van der Waals surface area contributed by atoms with E-state index in [0.29, 0.717) is 0 Å². The fourth-order valence-corrected chi connectivity index (χ4v) is 2.86. The zero-order chi connectivity index (χ0) is 20.2. The highest BCUT2D eigenvalue weighted by atomic mass is 16.5. The summed E-state index contributed by atoms with van der Waals surface area (Å²) in [6, 6.07) is 0. The van der Waals surface area contributed by atoms with Gasteiger partial charge in [-0.25, -0.2) is 4.79 Å². The molecule has 0 aromatic rings. The summed E-state index contributed by atoms with van der Waals surface area (Å²) in [4.78, 5) is 21.5. The van der Waals surface area contributed by atoms with Crippen LogP contribution >= 0.6 is 0 Å². The smallest absolute Gasteiger partial charge is 0.335 e. The van der Waals surface area contributed by atoms with Crippen molar-refractivity contribution in [1.82, 2.24) is 0 Å². The Hall–Kier alpha value is -1.36. The lowest BCUT2D eigenvalue weighted by molar-refractivity contribution is -0.307. The van der Waals surface area contributed by atoms with Gasteiger partial charge in [-0.05, 0) is 32.1 Å². The Bertz CT molecular complexity index is 392. The highest BCUT2D eigenvalue weighted by molar-refractivity contribution is 5.79. The van der Waals surface area contributed by atoms with E-state index in [-0.39, 0.29) is 6.61 Å². The molecular formula is C22H39O5-. The van der Waals surface area contributed by atoms with E-state index in [1.54, 1.807) is 0 Å². The van der Waals surface area contributed by atoms with Gasteiger partial charge in [0.15, 0.2) is 6.10 Å². The third kappa shape index (κ3) is 19.2. The monoisotopic (exact) mass is 383 g/mol. The minimum absolute atomic E-state index is 0.226. The van der Waals surface area contributed by atoms with Crippen molar-refractivity contribution < 1.29 is 24.5 Å². The Morgan fingerprint density at radius 2 is 1.33 bits per heavy atom. The van der Waals surface area contributed by atoms with Crippen LogP contribution in [0.1, 0.15) is 103 Å². The summed E-state index contributed by atoms with van der Waals surface area (Å²) in [6.45, 7) is 2.47. The van der Waals surface area contributed by atoms with Crippen molar-refractivity contribution >= 4 is 11.9 Å². The first-order valence-electron chi connectivity index (χ1n) is 10.8. The molecule has 0 fully saturated rings. The van der Waals surface area contributed by atoms with Gasteiger partial charge in [0.05, 0.1) is 6.61 Å². The minimum atomic E-state index is -1.62. The van der Waals surface area contributed by atoms with Gasteiger partial charge in [0.2, 0.25) is 0 Å². The molecule has 0 rings (SSSR count). The minimum Gasteiger partial charge on any atom is -0.550 e. The maximum Gasteiger partial charge on any atom is 0.335 e. The largest absolute Gasteiger partial charge is 0.550 e. The van der Waals surface area contributed by atoms with Crippen LogP contribution in [-0.4, -0.2) is 29.8 Å². The van der Waals surface area contributed by atoms with Crippen LogP contribution in [0.4, 0.5) is 0 Å². The van der Waals surface area contributed by atoms with Gasteiger partial charge in [0.1, 0.15) is 0 Å². The molecule has 0 heterocycles. The predicted octanol–water partition coefficient (Wildman–Crippen LogP) is 4.07. The molecule has 0 aromatic heterocycles. The Balaban J connectivity index is 3.28. The quantitative estimate of drug-likeness (QED) is 0.206. The summed E-state index contributed by atoms with van der Waals surface area (Å²) in [7, 11) is 0. The maximum atomic E-state index is 11.3. The summed E-state index contributed by atoms with van der Waals surface area (Å²) in [5.41, 5.74) is 0. The number of allylic oxidation sites excluding steroid dienone is 2. The maximum absolute atomic E-state index is 11.3. The van der Waals surface area contributed by atoms with Crippen LogP contribution in [0.5, 0.6) is 0 Å². The molecule has 0 saturated heterocycles. The molecule has 1 atom stereocenters. The molecule has 158 valence electrons. The van der Waals surface area contributed by atoms with Crippen molar-refractivity contribution in [3.63, 3.8) is 0 Å². The number of ether oxygens (including phenoxy) is 1. The Kier molecular flexibility index (Phi) is 18.4. The van der Waals surface area contributed by atoms with Crippen LogP contribution in [0.3, 0.4) is 0 Å². The van der Waals surface area contributed by atoms with Gasteiger partial charge in [-0.3, -0.25) is 0 Å². The molecule has 0 bridgehead atoms. The molecule has 1 N–H and O–H groups in total.